The van der Waals surface area contributed by atoms with Crippen LogP contribution in [0.4, 0.5) is 5.69 Å². The van der Waals surface area contributed by atoms with Gasteiger partial charge in [0.1, 0.15) is 0 Å². The molecule has 0 fully saturated rings. The van der Waals surface area contributed by atoms with Crippen molar-refractivity contribution in [3.8, 4) is 18.2 Å². The molecule has 68 valence electrons. The molecule has 3 nitrogen and oxygen atoms in total. The lowest BCUT2D eigenvalue weighted by Crippen LogP contribution is -2.11. The zero-order valence-electron chi connectivity index (χ0n) is 7.74. The molecule has 1 aromatic heterocycles. The summed E-state index contributed by atoms with van der Waals surface area (Å²) >= 11 is 0. The maximum atomic E-state index is 5.22. The van der Waals surface area contributed by atoms with E-state index in [0.29, 0.717) is 5.88 Å². The molecular formula is C10H12N2O. The number of anilines is 1. The van der Waals surface area contributed by atoms with Crippen LogP contribution in [0.2, 0.25) is 0 Å². The molecule has 0 aliphatic heterocycles. The van der Waals surface area contributed by atoms with Crippen LogP contribution in [0.1, 0.15) is 6.92 Å². The van der Waals surface area contributed by atoms with Crippen LogP contribution in [0.25, 0.3) is 0 Å². The average Bonchev–Trinajstić information content (AvgIpc) is 2.19. The quantitative estimate of drug-likeness (QED) is 0.709. The molecule has 1 rings (SSSR count). The zero-order valence-corrected chi connectivity index (χ0v) is 7.74. The number of aromatic nitrogens is 1. The highest BCUT2D eigenvalue weighted by atomic mass is 16.5. The molecule has 1 heterocycles. The lowest BCUT2D eigenvalue weighted by atomic mass is 10.3. The molecule has 0 saturated carbocycles. The second-order valence-electron chi connectivity index (χ2n) is 2.62. The van der Waals surface area contributed by atoms with Gasteiger partial charge in [0.15, 0.2) is 0 Å². The molecule has 1 N–H and O–H groups in total. The monoisotopic (exact) mass is 176 g/mol. The van der Waals surface area contributed by atoms with Crippen molar-refractivity contribution in [1.82, 2.24) is 4.98 Å². The summed E-state index contributed by atoms with van der Waals surface area (Å²) in [4.78, 5) is 4.03. The van der Waals surface area contributed by atoms with Gasteiger partial charge in [-0.1, -0.05) is 5.92 Å². The van der Waals surface area contributed by atoms with Crippen LogP contribution in [-0.2, 0) is 0 Å². The van der Waals surface area contributed by atoms with E-state index in [9.17, 15) is 0 Å². The van der Waals surface area contributed by atoms with Crippen LogP contribution in [-0.4, -0.2) is 18.1 Å². The minimum atomic E-state index is 0.00944. The molecular weight excluding hydrogens is 164 g/mol. The first-order chi connectivity index (χ1) is 6.26. The summed E-state index contributed by atoms with van der Waals surface area (Å²) in [5.41, 5.74) is 0.895. The summed E-state index contributed by atoms with van der Waals surface area (Å²) in [6.45, 7) is 1.91. The Morgan fingerprint density at radius 1 is 1.62 bits per heavy atom. The van der Waals surface area contributed by atoms with E-state index in [1.807, 2.05) is 13.0 Å². The van der Waals surface area contributed by atoms with E-state index in [1.165, 1.54) is 0 Å². The summed E-state index contributed by atoms with van der Waals surface area (Å²) < 4.78 is 4.92. The van der Waals surface area contributed by atoms with Gasteiger partial charge >= 0.3 is 0 Å². The van der Waals surface area contributed by atoms with Gasteiger partial charge in [0, 0.05) is 6.07 Å². The summed E-state index contributed by atoms with van der Waals surface area (Å²) in [5, 5.41) is 3.09. The Kier molecular flexibility index (Phi) is 3.15. The molecule has 3 heteroatoms. The maximum absolute atomic E-state index is 5.22. The van der Waals surface area contributed by atoms with E-state index in [1.54, 1.807) is 19.4 Å². The third-order valence-corrected chi connectivity index (χ3v) is 1.58. The van der Waals surface area contributed by atoms with Crippen molar-refractivity contribution in [3.63, 3.8) is 0 Å². The topological polar surface area (TPSA) is 34.1 Å². The van der Waals surface area contributed by atoms with Gasteiger partial charge in [-0.05, 0) is 13.0 Å². The molecule has 0 spiro atoms. The Morgan fingerprint density at radius 2 is 2.38 bits per heavy atom. The van der Waals surface area contributed by atoms with Crippen molar-refractivity contribution >= 4 is 5.69 Å². The van der Waals surface area contributed by atoms with Gasteiger partial charge in [0.2, 0.25) is 5.88 Å². The first kappa shape index (κ1) is 9.40. The van der Waals surface area contributed by atoms with Gasteiger partial charge in [-0.15, -0.1) is 6.42 Å². The normalized spacial score (nSPS) is 11.5. The fraction of sp³-hybridized carbons (Fsp3) is 0.300. The van der Waals surface area contributed by atoms with Crippen LogP contribution in [0.3, 0.4) is 0 Å². The SMILES string of the molecule is C#CC(C)Nc1ccc(OC)nc1. The van der Waals surface area contributed by atoms with Gasteiger partial charge in [0.25, 0.3) is 0 Å². The first-order valence-corrected chi connectivity index (χ1v) is 3.99. The molecule has 1 aromatic rings. The summed E-state index contributed by atoms with van der Waals surface area (Å²) in [6.07, 6.45) is 6.91. The lowest BCUT2D eigenvalue weighted by Gasteiger charge is -2.08. The molecule has 1 atom stereocenters. The Hall–Kier alpha value is -1.69. The molecule has 0 saturated heterocycles. The fourth-order valence-corrected chi connectivity index (χ4v) is 0.878. The van der Waals surface area contributed by atoms with Gasteiger partial charge in [0.05, 0.1) is 25.0 Å². The van der Waals surface area contributed by atoms with Crippen molar-refractivity contribution in [1.29, 1.82) is 0 Å². The molecule has 0 amide bonds. The lowest BCUT2D eigenvalue weighted by molar-refractivity contribution is 0.398. The molecule has 0 radical (unpaired) electrons. The van der Waals surface area contributed by atoms with Crippen molar-refractivity contribution in [3.05, 3.63) is 18.3 Å². The zero-order chi connectivity index (χ0) is 9.68. The van der Waals surface area contributed by atoms with Crippen molar-refractivity contribution < 1.29 is 4.74 Å². The number of nitrogens with zero attached hydrogens (tertiary/aromatic N) is 1. The summed E-state index contributed by atoms with van der Waals surface area (Å²) in [7, 11) is 1.58. The second kappa shape index (κ2) is 4.36. The molecule has 0 aromatic carbocycles. The van der Waals surface area contributed by atoms with Crippen LogP contribution in [0, 0.1) is 12.3 Å². The van der Waals surface area contributed by atoms with Crippen LogP contribution in [0.5, 0.6) is 5.88 Å². The van der Waals surface area contributed by atoms with E-state index < -0.39 is 0 Å². The first-order valence-electron chi connectivity index (χ1n) is 3.99. The Morgan fingerprint density at radius 3 is 2.85 bits per heavy atom. The number of nitrogens with one attached hydrogen (secondary N) is 1. The highest BCUT2D eigenvalue weighted by molar-refractivity contribution is 5.44. The van der Waals surface area contributed by atoms with E-state index >= 15 is 0 Å². The van der Waals surface area contributed by atoms with Crippen molar-refractivity contribution in [2.45, 2.75) is 13.0 Å². The highest BCUT2D eigenvalue weighted by Gasteiger charge is 1.97. The fourth-order valence-electron chi connectivity index (χ4n) is 0.878. The van der Waals surface area contributed by atoms with E-state index in [2.05, 4.69) is 16.2 Å². The minimum Gasteiger partial charge on any atom is -0.481 e. The third kappa shape index (κ3) is 2.68. The average molecular weight is 176 g/mol. The van der Waals surface area contributed by atoms with Crippen LogP contribution < -0.4 is 10.1 Å². The van der Waals surface area contributed by atoms with Gasteiger partial charge < -0.3 is 10.1 Å². The number of terminal acetylenes is 1. The number of ether oxygens (including phenoxy) is 1. The van der Waals surface area contributed by atoms with Crippen molar-refractivity contribution in [2.24, 2.45) is 0 Å². The van der Waals surface area contributed by atoms with Crippen LogP contribution >= 0.6 is 0 Å². The summed E-state index contributed by atoms with van der Waals surface area (Å²) in [6, 6.07) is 3.67. The largest absolute Gasteiger partial charge is 0.481 e. The maximum Gasteiger partial charge on any atom is 0.213 e. The van der Waals surface area contributed by atoms with Gasteiger partial charge in [-0.2, -0.15) is 0 Å². The van der Waals surface area contributed by atoms with Gasteiger partial charge in [-0.25, -0.2) is 4.98 Å². The predicted octanol–water partition coefficient (Wildman–Crippen LogP) is 1.52. The number of pyridine rings is 1. The Labute approximate surface area is 78.1 Å². The number of hydrogen-bond acceptors (Lipinski definition) is 3. The smallest absolute Gasteiger partial charge is 0.213 e. The van der Waals surface area contributed by atoms with E-state index in [0.717, 1.165) is 5.69 Å². The highest BCUT2D eigenvalue weighted by Crippen LogP contribution is 2.11. The number of hydrogen-bond donors (Lipinski definition) is 1. The van der Waals surface area contributed by atoms with E-state index in [-0.39, 0.29) is 6.04 Å². The third-order valence-electron chi connectivity index (χ3n) is 1.58. The Balaban J connectivity index is 2.65. The minimum absolute atomic E-state index is 0.00944. The number of rotatable bonds is 3. The number of methoxy groups -OCH3 is 1. The van der Waals surface area contributed by atoms with Gasteiger partial charge in [-0.3, -0.25) is 0 Å². The molecule has 0 aliphatic rings. The molecule has 13 heavy (non-hydrogen) atoms. The second-order valence-corrected chi connectivity index (χ2v) is 2.62. The molecule has 0 aliphatic carbocycles. The Bertz CT molecular complexity index is 300. The molecule has 1 unspecified atom stereocenters. The summed E-state index contributed by atoms with van der Waals surface area (Å²) in [5.74, 6) is 3.17. The molecule has 0 bridgehead atoms. The van der Waals surface area contributed by atoms with Crippen LogP contribution in [0.15, 0.2) is 18.3 Å². The van der Waals surface area contributed by atoms with Crippen molar-refractivity contribution in [2.75, 3.05) is 12.4 Å². The predicted molar refractivity (Wildman–Crippen MR) is 52.7 cm³/mol. The standard InChI is InChI=1S/C10H12N2O/c1-4-8(2)12-9-5-6-10(13-3)11-7-9/h1,5-8,12H,2-3H3. The van der Waals surface area contributed by atoms with E-state index in [4.69, 9.17) is 11.2 Å².